The Morgan fingerprint density at radius 3 is 2.73 bits per heavy atom. The molecule has 1 aliphatic heterocycles. The number of hydrogen-bond donors (Lipinski definition) is 2. The van der Waals surface area contributed by atoms with Gasteiger partial charge in [-0.2, -0.15) is 0 Å². The van der Waals surface area contributed by atoms with Crippen LogP contribution in [0, 0.1) is 5.82 Å². The summed E-state index contributed by atoms with van der Waals surface area (Å²) in [6.07, 6.45) is 1.40. The van der Waals surface area contributed by atoms with Crippen LogP contribution in [0.2, 0.25) is 10.0 Å². The Labute approximate surface area is 159 Å². The maximum atomic E-state index is 14.3. The van der Waals surface area contributed by atoms with Crippen molar-refractivity contribution < 1.29 is 4.39 Å². The minimum absolute atomic E-state index is 0.137. The van der Waals surface area contributed by atoms with Gasteiger partial charge in [0.1, 0.15) is 17.7 Å². The van der Waals surface area contributed by atoms with E-state index in [1.54, 1.807) is 0 Å². The van der Waals surface area contributed by atoms with Crippen LogP contribution in [0.15, 0.2) is 30.6 Å². The summed E-state index contributed by atoms with van der Waals surface area (Å²) < 4.78 is 14.3. The number of halogens is 3. The summed E-state index contributed by atoms with van der Waals surface area (Å²) in [7, 11) is 1.94. The van der Waals surface area contributed by atoms with Crippen molar-refractivity contribution >= 4 is 51.6 Å². The number of benzene rings is 1. The number of nitrogens with zero attached hydrogens (tertiary/aromatic N) is 4. The first-order valence-corrected chi connectivity index (χ1v) is 8.77. The average Bonchev–Trinajstić information content (AvgIpc) is 2.61. The Hall–Kier alpha value is -2.22. The number of nitrogens with one attached hydrogen (secondary N) is 2. The second kappa shape index (κ2) is 6.83. The summed E-state index contributed by atoms with van der Waals surface area (Å²) in [5.74, 6) is 0.595. The molecule has 9 heteroatoms. The van der Waals surface area contributed by atoms with Crippen molar-refractivity contribution in [3.8, 4) is 0 Å². The maximum Gasteiger partial charge on any atom is 0.166 e. The van der Waals surface area contributed by atoms with Gasteiger partial charge in [0.25, 0.3) is 0 Å². The normalized spacial score (nSPS) is 14.5. The summed E-state index contributed by atoms with van der Waals surface area (Å²) in [6.45, 7) is 1.76. The third kappa shape index (κ3) is 3.02. The zero-order chi connectivity index (χ0) is 18.3. The van der Waals surface area contributed by atoms with Gasteiger partial charge in [-0.3, -0.25) is 0 Å². The van der Waals surface area contributed by atoms with E-state index in [-0.39, 0.29) is 15.7 Å². The van der Waals surface area contributed by atoms with E-state index in [2.05, 4.69) is 30.5 Å². The zero-order valence-corrected chi connectivity index (χ0v) is 15.3. The average molecular weight is 393 g/mol. The molecule has 0 saturated carbocycles. The fourth-order valence-corrected chi connectivity index (χ4v) is 3.11. The predicted molar refractivity (Wildman–Crippen MR) is 102 cm³/mol. The molecule has 0 bridgehead atoms. The van der Waals surface area contributed by atoms with E-state index in [9.17, 15) is 4.39 Å². The molecular formula is C17H15Cl2FN6. The first-order chi connectivity index (χ1) is 12.6. The van der Waals surface area contributed by atoms with Gasteiger partial charge in [-0.05, 0) is 31.3 Å². The predicted octanol–water partition coefficient (Wildman–Crippen LogP) is 3.62. The first kappa shape index (κ1) is 17.2. The number of hydrogen-bond acceptors (Lipinski definition) is 6. The van der Waals surface area contributed by atoms with Crippen molar-refractivity contribution in [1.29, 1.82) is 0 Å². The van der Waals surface area contributed by atoms with E-state index in [0.717, 1.165) is 18.9 Å². The number of pyridine rings is 1. The molecule has 1 saturated heterocycles. The highest BCUT2D eigenvalue weighted by Crippen LogP contribution is 2.32. The lowest BCUT2D eigenvalue weighted by Gasteiger charge is -2.40. The van der Waals surface area contributed by atoms with Crippen LogP contribution in [-0.2, 0) is 0 Å². The van der Waals surface area contributed by atoms with Crippen molar-refractivity contribution in [2.75, 3.05) is 30.4 Å². The molecule has 4 rings (SSSR count). The molecular weight excluding hydrogens is 378 g/mol. The standard InChI is InChI=1S/C17H15Cl2FN6/c1-21-9-6-26(7-9)13-5-4-12-16(25-13)17(23-8-22-12)24-11-3-2-10(18)14(19)15(11)20/h2-5,8-9,21H,6-7H2,1H3,(H,22,23,24). The van der Waals surface area contributed by atoms with Crippen LogP contribution in [0.4, 0.5) is 21.7 Å². The topological polar surface area (TPSA) is 66.0 Å². The Bertz CT molecular complexity index is 977. The minimum Gasteiger partial charge on any atom is -0.353 e. The van der Waals surface area contributed by atoms with E-state index in [4.69, 9.17) is 23.2 Å². The van der Waals surface area contributed by atoms with Gasteiger partial charge in [-0.15, -0.1) is 0 Å². The molecule has 0 atom stereocenters. The fourth-order valence-electron chi connectivity index (χ4n) is 2.80. The van der Waals surface area contributed by atoms with Gasteiger partial charge in [0.05, 0.1) is 21.2 Å². The van der Waals surface area contributed by atoms with Gasteiger partial charge in [0, 0.05) is 19.1 Å². The summed E-state index contributed by atoms with van der Waals surface area (Å²) in [4.78, 5) is 15.3. The molecule has 2 aromatic heterocycles. The van der Waals surface area contributed by atoms with Crippen LogP contribution in [-0.4, -0.2) is 41.1 Å². The Morgan fingerprint density at radius 1 is 1.15 bits per heavy atom. The number of anilines is 3. The van der Waals surface area contributed by atoms with Gasteiger partial charge in [-0.1, -0.05) is 23.2 Å². The largest absolute Gasteiger partial charge is 0.353 e. The molecule has 134 valence electrons. The summed E-state index contributed by atoms with van der Waals surface area (Å²) >= 11 is 11.7. The van der Waals surface area contributed by atoms with Crippen molar-refractivity contribution in [2.24, 2.45) is 0 Å². The smallest absolute Gasteiger partial charge is 0.166 e. The molecule has 0 spiro atoms. The van der Waals surface area contributed by atoms with Crippen molar-refractivity contribution in [1.82, 2.24) is 20.3 Å². The molecule has 26 heavy (non-hydrogen) atoms. The second-order valence-electron chi connectivity index (χ2n) is 6.00. The molecule has 1 aromatic carbocycles. The third-order valence-corrected chi connectivity index (χ3v) is 5.15. The lowest BCUT2D eigenvalue weighted by molar-refractivity contribution is 0.447. The number of aromatic nitrogens is 3. The molecule has 0 aliphatic carbocycles. The van der Waals surface area contributed by atoms with Crippen LogP contribution >= 0.6 is 23.2 Å². The van der Waals surface area contributed by atoms with Gasteiger partial charge < -0.3 is 15.5 Å². The van der Waals surface area contributed by atoms with Gasteiger partial charge in [0.15, 0.2) is 11.6 Å². The molecule has 1 fully saturated rings. The van der Waals surface area contributed by atoms with Crippen LogP contribution in [0.25, 0.3) is 11.0 Å². The fraction of sp³-hybridized carbons (Fsp3) is 0.235. The summed E-state index contributed by atoms with van der Waals surface area (Å²) in [5, 5.41) is 6.19. The van der Waals surface area contributed by atoms with Crippen molar-refractivity contribution in [2.45, 2.75) is 6.04 Å². The molecule has 0 amide bonds. The number of fused-ring (bicyclic) bond motifs is 1. The van der Waals surface area contributed by atoms with Crippen molar-refractivity contribution in [3.05, 3.63) is 46.5 Å². The molecule has 3 heterocycles. The SMILES string of the molecule is CNC1CN(c2ccc3ncnc(Nc4ccc(Cl)c(Cl)c4F)c3n2)C1. The zero-order valence-electron chi connectivity index (χ0n) is 13.8. The molecule has 0 radical (unpaired) electrons. The van der Waals surface area contributed by atoms with E-state index in [0.29, 0.717) is 22.9 Å². The maximum absolute atomic E-state index is 14.3. The van der Waals surface area contributed by atoms with E-state index in [1.807, 2.05) is 19.2 Å². The molecule has 3 aromatic rings. The van der Waals surface area contributed by atoms with Crippen molar-refractivity contribution in [3.63, 3.8) is 0 Å². The van der Waals surface area contributed by atoms with Crippen LogP contribution in [0.3, 0.4) is 0 Å². The molecule has 1 aliphatic rings. The molecule has 0 unspecified atom stereocenters. The Kier molecular flexibility index (Phi) is 4.52. The van der Waals surface area contributed by atoms with E-state index < -0.39 is 5.82 Å². The number of likely N-dealkylation sites (N-methyl/N-ethyl adjacent to an activating group) is 1. The lowest BCUT2D eigenvalue weighted by Crippen LogP contribution is -2.57. The highest BCUT2D eigenvalue weighted by molar-refractivity contribution is 6.42. The summed E-state index contributed by atoms with van der Waals surface area (Å²) in [5.41, 5.74) is 1.39. The Balaban J connectivity index is 1.70. The van der Waals surface area contributed by atoms with Gasteiger partial charge in [0.2, 0.25) is 0 Å². The van der Waals surface area contributed by atoms with E-state index >= 15 is 0 Å². The quantitative estimate of drug-likeness (QED) is 0.661. The molecule has 2 N–H and O–H groups in total. The van der Waals surface area contributed by atoms with Crippen LogP contribution < -0.4 is 15.5 Å². The highest BCUT2D eigenvalue weighted by atomic mass is 35.5. The lowest BCUT2D eigenvalue weighted by atomic mass is 10.1. The van der Waals surface area contributed by atoms with Crippen LogP contribution in [0.1, 0.15) is 0 Å². The van der Waals surface area contributed by atoms with Gasteiger partial charge >= 0.3 is 0 Å². The van der Waals surface area contributed by atoms with Gasteiger partial charge in [-0.25, -0.2) is 19.3 Å². The van der Waals surface area contributed by atoms with E-state index in [1.165, 1.54) is 18.5 Å². The monoisotopic (exact) mass is 392 g/mol. The Morgan fingerprint density at radius 2 is 1.96 bits per heavy atom. The second-order valence-corrected chi connectivity index (χ2v) is 6.78. The number of rotatable bonds is 4. The highest BCUT2D eigenvalue weighted by Gasteiger charge is 2.26. The summed E-state index contributed by atoms with van der Waals surface area (Å²) in [6, 6.07) is 7.29. The minimum atomic E-state index is -0.637. The molecule has 6 nitrogen and oxygen atoms in total. The first-order valence-electron chi connectivity index (χ1n) is 8.01. The van der Waals surface area contributed by atoms with Crippen LogP contribution in [0.5, 0.6) is 0 Å². The third-order valence-electron chi connectivity index (χ3n) is 4.37.